The summed E-state index contributed by atoms with van der Waals surface area (Å²) in [7, 11) is 0. The maximum absolute atomic E-state index is 13.5. The molecule has 2 saturated carbocycles. The van der Waals surface area contributed by atoms with Crippen LogP contribution < -0.4 is 21.5 Å². The number of hydrazine groups is 1. The molecule has 0 aromatic heterocycles. The van der Waals surface area contributed by atoms with Gasteiger partial charge < -0.3 is 5.32 Å². The van der Waals surface area contributed by atoms with Gasteiger partial charge in [0.05, 0.1) is 6.17 Å². The molecule has 178 valence electrons. The third-order valence-corrected chi connectivity index (χ3v) is 7.10. The lowest BCUT2D eigenvalue weighted by molar-refractivity contribution is -0.153. The van der Waals surface area contributed by atoms with E-state index >= 15 is 0 Å². The van der Waals surface area contributed by atoms with Crippen LogP contribution in [0.3, 0.4) is 0 Å². The molecule has 1 heterocycles. The second-order valence-electron chi connectivity index (χ2n) is 9.14. The molecule has 31 heavy (non-hydrogen) atoms. The van der Waals surface area contributed by atoms with Gasteiger partial charge in [-0.25, -0.2) is 15.2 Å². The SMILES string of the molecule is CC1CCC(C(=O)NC(=NCC2CCC(F)CC2Cl)NC2CC(C(F)(F)F)NN2)CC1. The van der Waals surface area contributed by atoms with Crippen molar-refractivity contribution in [1.29, 1.82) is 0 Å². The molecular weight excluding hydrogens is 438 g/mol. The fourth-order valence-electron chi connectivity index (χ4n) is 4.44. The van der Waals surface area contributed by atoms with E-state index in [1.54, 1.807) is 0 Å². The van der Waals surface area contributed by atoms with Gasteiger partial charge in [0.2, 0.25) is 5.91 Å². The fourth-order valence-corrected chi connectivity index (χ4v) is 4.84. The number of carbonyl (C=O) groups excluding carboxylic acids is 1. The van der Waals surface area contributed by atoms with E-state index in [-0.39, 0.29) is 48.5 Å². The molecular formula is C20H32ClF4N5O. The van der Waals surface area contributed by atoms with Crippen molar-refractivity contribution in [3.8, 4) is 0 Å². The van der Waals surface area contributed by atoms with E-state index in [1.807, 2.05) is 0 Å². The highest BCUT2D eigenvalue weighted by Crippen LogP contribution is 2.31. The van der Waals surface area contributed by atoms with Crippen LogP contribution in [-0.4, -0.2) is 48.3 Å². The third kappa shape index (κ3) is 7.18. The Hall–Kier alpha value is -1.13. The second kappa shape index (κ2) is 10.7. The van der Waals surface area contributed by atoms with E-state index in [9.17, 15) is 22.4 Å². The van der Waals surface area contributed by atoms with E-state index in [0.717, 1.165) is 25.7 Å². The first-order valence-corrected chi connectivity index (χ1v) is 11.5. The van der Waals surface area contributed by atoms with Gasteiger partial charge in [-0.1, -0.05) is 6.92 Å². The molecule has 0 spiro atoms. The number of alkyl halides is 5. The summed E-state index contributed by atoms with van der Waals surface area (Å²) in [6.07, 6.45) is -1.51. The number of amides is 1. The average molecular weight is 470 g/mol. The zero-order valence-corrected chi connectivity index (χ0v) is 18.4. The van der Waals surface area contributed by atoms with Gasteiger partial charge in [0, 0.05) is 24.3 Å². The van der Waals surface area contributed by atoms with Crippen LogP contribution >= 0.6 is 11.6 Å². The summed E-state index contributed by atoms with van der Waals surface area (Å²) < 4.78 is 52.4. The fraction of sp³-hybridized carbons (Fsp3) is 0.900. The van der Waals surface area contributed by atoms with Gasteiger partial charge in [-0.15, -0.1) is 11.6 Å². The van der Waals surface area contributed by atoms with Gasteiger partial charge in [0.25, 0.3) is 0 Å². The van der Waals surface area contributed by atoms with E-state index in [0.29, 0.717) is 18.8 Å². The molecule has 1 aliphatic heterocycles. The van der Waals surface area contributed by atoms with Gasteiger partial charge >= 0.3 is 6.18 Å². The Kier molecular flexibility index (Phi) is 8.43. The number of nitrogens with one attached hydrogen (secondary N) is 4. The van der Waals surface area contributed by atoms with Crippen LogP contribution in [0.4, 0.5) is 17.6 Å². The molecule has 4 N–H and O–H groups in total. The van der Waals surface area contributed by atoms with Crippen molar-refractivity contribution in [2.24, 2.45) is 22.7 Å². The molecule has 0 radical (unpaired) electrons. The lowest BCUT2D eigenvalue weighted by Crippen LogP contribution is -2.52. The van der Waals surface area contributed by atoms with E-state index in [1.165, 1.54) is 0 Å². The third-order valence-electron chi connectivity index (χ3n) is 6.56. The molecule has 1 amide bonds. The minimum atomic E-state index is -4.38. The Morgan fingerprint density at radius 3 is 2.42 bits per heavy atom. The van der Waals surface area contributed by atoms with Crippen molar-refractivity contribution >= 4 is 23.5 Å². The van der Waals surface area contributed by atoms with Crippen LogP contribution in [0.25, 0.3) is 0 Å². The summed E-state index contributed by atoms with van der Waals surface area (Å²) in [6.45, 7) is 2.43. The van der Waals surface area contributed by atoms with E-state index < -0.39 is 24.6 Å². The van der Waals surface area contributed by atoms with Crippen LogP contribution in [0.5, 0.6) is 0 Å². The second-order valence-corrected chi connectivity index (χ2v) is 9.70. The van der Waals surface area contributed by atoms with Crippen LogP contribution in [0.1, 0.15) is 58.3 Å². The smallest absolute Gasteiger partial charge is 0.339 e. The monoisotopic (exact) mass is 469 g/mol. The Labute approximate surface area is 185 Å². The molecule has 0 aromatic rings. The number of carbonyl (C=O) groups is 1. The summed E-state index contributed by atoms with van der Waals surface area (Å²) in [6, 6.07) is -1.69. The zero-order chi connectivity index (χ0) is 22.6. The lowest BCUT2D eigenvalue weighted by Gasteiger charge is -2.29. The minimum Gasteiger partial charge on any atom is -0.339 e. The zero-order valence-electron chi connectivity index (χ0n) is 17.7. The molecule has 1 saturated heterocycles. The number of guanidine groups is 1. The van der Waals surface area contributed by atoms with Gasteiger partial charge in [0.15, 0.2) is 5.96 Å². The van der Waals surface area contributed by atoms with Crippen molar-refractivity contribution in [3.63, 3.8) is 0 Å². The highest BCUT2D eigenvalue weighted by Gasteiger charge is 2.44. The standard InChI is InChI=1S/C20H32ClF4N5O/c1-11-2-4-12(5-3-11)18(31)28-19(26-10-13-6-7-14(22)8-15(13)21)27-17-9-16(29-30-17)20(23,24)25/h11-17,29-30H,2-10H2,1H3,(H2,26,27,28,31). The topological polar surface area (TPSA) is 77.5 Å². The van der Waals surface area contributed by atoms with E-state index in [4.69, 9.17) is 11.6 Å². The summed E-state index contributed by atoms with van der Waals surface area (Å²) in [5.74, 6) is 0.372. The van der Waals surface area contributed by atoms with Gasteiger partial charge in [-0.05, 0) is 56.8 Å². The number of nitrogens with zero attached hydrogens (tertiary/aromatic N) is 1. The summed E-state index contributed by atoms with van der Waals surface area (Å²) in [4.78, 5) is 17.2. The number of rotatable bonds is 4. The molecule has 3 aliphatic rings. The Bertz CT molecular complexity index is 642. The highest BCUT2D eigenvalue weighted by molar-refractivity contribution is 6.20. The molecule has 3 rings (SSSR count). The van der Waals surface area contributed by atoms with Crippen molar-refractivity contribution < 1.29 is 22.4 Å². The first-order valence-electron chi connectivity index (χ1n) is 11.1. The Morgan fingerprint density at radius 1 is 1.10 bits per heavy atom. The van der Waals surface area contributed by atoms with Crippen LogP contribution in [0.15, 0.2) is 4.99 Å². The summed E-state index contributed by atoms with van der Waals surface area (Å²) >= 11 is 6.28. The van der Waals surface area contributed by atoms with Crippen molar-refractivity contribution in [2.45, 2.75) is 88.2 Å². The molecule has 5 unspecified atom stereocenters. The molecule has 0 aromatic carbocycles. The number of aliphatic imine (C=N–C) groups is 1. The quantitative estimate of drug-likeness (QED) is 0.220. The van der Waals surface area contributed by atoms with Crippen molar-refractivity contribution in [2.75, 3.05) is 6.54 Å². The predicted octanol–water partition coefficient (Wildman–Crippen LogP) is 3.38. The number of halogens is 5. The van der Waals surface area contributed by atoms with E-state index in [2.05, 4.69) is 33.4 Å². The average Bonchev–Trinajstić information content (AvgIpc) is 3.16. The molecule has 5 atom stereocenters. The number of hydrogen-bond acceptors (Lipinski definition) is 4. The van der Waals surface area contributed by atoms with Crippen molar-refractivity contribution in [3.05, 3.63) is 0 Å². The Balaban J connectivity index is 1.62. The minimum absolute atomic E-state index is 0.0458. The first-order chi connectivity index (χ1) is 14.6. The lowest BCUT2D eigenvalue weighted by atomic mass is 9.82. The van der Waals surface area contributed by atoms with Crippen molar-refractivity contribution in [1.82, 2.24) is 21.5 Å². The van der Waals surface area contributed by atoms with Gasteiger partial charge in [-0.2, -0.15) is 13.2 Å². The maximum Gasteiger partial charge on any atom is 0.405 e. The van der Waals surface area contributed by atoms with Crippen LogP contribution in [0, 0.1) is 17.8 Å². The predicted molar refractivity (Wildman–Crippen MR) is 111 cm³/mol. The molecule has 6 nitrogen and oxygen atoms in total. The largest absolute Gasteiger partial charge is 0.405 e. The first kappa shape index (κ1) is 24.5. The normalized spacial score (nSPS) is 37.5. The molecule has 3 fully saturated rings. The maximum atomic E-state index is 13.5. The van der Waals surface area contributed by atoms with Gasteiger partial charge in [0.1, 0.15) is 12.2 Å². The summed E-state index contributed by atoms with van der Waals surface area (Å²) in [5.41, 5.74) is 4.79. The molecule has 0 bridgehead atoms. The molecule has 2 aliphatic carbocycles. The number of hydrogen-bond donors (Lipinski definition) is 4. The Morgan fingerprint density at radius 2 is 1.81 bits per heavy atom. The van der Waals surface area contributed by atoms with Crippen LogP contribution in [-0.2, 0) is 4.79 Å². The van der Waals surface area contributed by atoms with Crippen LogP contribution in [0.2, 0.25) is 0 Å². The summed E-state index contributed by atoms with van der Waals surface area (Å²) in [5, 5.41) is 5.31. The van der Waals surface area contributed by atoms with Gasteiger partial charge in [-0.3, -0.25) is 15.1 Å². The highest BCUT2D eigenvalue weighted by atomic mass is 35.5. The molecule has 11 heteroatoms.